The Morgan fingerprint density at radius 3 is 2.70 bits per heavy atom. The molecule has 1 aliphatic rings. The minimum atomic E-state index is -1.03. The molecular weight excluding hydrogens is 356 g/mol. The molecule has 0 radical (unpaired) electrons. The fraction of sp³-hybridized carbons (Fsp3) is 0.263. The van der Waals surface area contributed by atoms with Crippen molar-refractivity contribution in [3.8, 4) is 0 Å². The molecule has 0 spiro atoms. The smallest absolute Gasteiger partial charge is 0.410 e. The van der Waals surface area contributed by atoms with E-state index in [4.69, 9.17) is 4.74 Å². The summed E-state index contributed by atoms with van der Waals surface area (Å²) in [5.74, 6) is -2.39. The molecule has 0 saturated carbocycles. The van der Waals surface area contributed by atoms with Crippen LogP contribution in [-0.4, -0.2) is 36.1 Å². The van der Waals surface area contributed by atoms with E-state index in [2.05, 4.69) is 10.6 Å². The summed E-state index contributed by atoms with van der Waals surface area (Å²) in [6.45, 7) is 3.00. The number of hydrogen-bond donors (Lipinski definition) is 2. The van der Waals surface area contributed by atoms with Gasteiger partial charge in [0.1, 0.15) is 12.6 Å². The van der Waals surface area contributed by atoms with E-state index in [0.717, 1.165) is 17.7 Å². The van der Waals surface area contributed by atoms with Crippen LogP contribution in [0.25, 0.3) is 0 Å². The van der Waals surface area contributed by atoms with E-state index in [1.165, 1.54) is 6.07 Å². The van der Waals surface area contributed by atoms with Crippen LogP contribution in [-0.2, 0) is 16.1 Å². The van der Waals surface area contributed by atoms with Crippen LogP contribution in [0.1, 0.15) is 12.5 Å². The second kappa shape index (κ2) is 8.03. The zero-order valence-corrected chi connectivity index (χ0v) is 14.7. The van der Waals surface area contributed by atoms with E-state index in [1.54, 1.807) is 17.9 Å². The van der Waals surface area contributed by atoms with Crippen LogP contribution in [0.2, 0.25) is 0 Å². The number of cyclic esters (lactones) is 1. The van der Waals surface area contributed by atoms with Crippen LogP contribution in [0, 0.1) is 11.6 Å². The van der Waals surface area contributed by atoms with Gasteiger partial charge < -0.3 is 20.3 Å². The molecule has 2 aromatic rings. The van der Waals surface area contributed by atoms with Crippen molar-refractivity contribution in [3.63, 3.8) is 0 Å². The van der Waals surface area contributed by atoms with Gasteiger partial charge in [0.05, 0.1) is 6.54 Å². The van der Waals surface area contributed by atoms with Gasteiger partial charge in [-0.2, -0.15) is 0 Å². The molecule has 3 rings (SSSR count). The number of carbonyl (C=O) groups excluding carboxylic acids is 2. The molecule has 2 amide bonds. The fourth-order valence-corrected chi connectivity index (χ4v) is 2.69. The largest absolute Gasteiger partial charge is 0.448 e. The maximum Gasteiger partial charge on any atom is 0.410 e. The van der Waals surface area contributed by atoms with Gasteiger partial charge >= 0.3 is 6.09 Å². The molecule has 1 atom stereocenters. The lowest BCUT2D eigenvalue weighted by molar-refractivity contribution is -0.116. The number of halogens is 2. The first kappa shape index (κ1) is 18.6. The number of ether oxygens (including phenoxy) is 1. The second-order valence-electron chi connectivity index (χ2n) is 6.22. The Morgan fingerprint density at radius 1 is 1.19 bits per heavy atom. The van der Waals surface area contributed by atoms with Crippen LogP contribution >= 0.6 is 0 Å². The number of hydrogen-bond acceptors (Lipinski definition) is 4. The molecule has 0 bridgehead atoms. The highest BCUT2D eigenvalue weighted by atomic mass is 19.2. The van der Waals surface area contributed by atoms with Crippen molar-refractivity contribution in [2.75, 3.05) is 23.8 Å². The summed E-state index contributed by atoms with van der Waals surface area (Å²) < 4.78 is 31.1. The van der Waals surface area contributed by atoms with Crippen LogP contribution in [0.3, 0.4) is 0 Å². The van der Waals surface area contributed by atoms with E-state index in [0.29, 0.717) is 25.4 Å². The van der Waals surface area contributed by atoms with Gasteiger partial charge in [-0.3, -0.25) is 4.79 Å². The Labute approximate surface area is 155 Å². The number of rotatable bonds is 6. The number of nitrogens with one attached hydrogen (secondary N) is 2. The Hall–Kier alpha value is -3.16. The molecule has 1 heterocycles. The summed E-state index contributed by atoms with van der Waals surface area (Å²) in [6, 6.07) is 9.89. The van der Waals surface area contributed by atoms with Crippen molar-refractivity contribution in [2.45, 2.75) is 19.5 Å². The van der Waals surface area contributed by atoms with E-state index in [1.807, 2.05) is 18.2 Å². The number of amides is 2. The molecule has 2 aromatic carbocycles. The predicted molar refractivity (Wildman–Crippen MR) is 96.3 cm³/mol. The van der Waals surface area contributed by atoms with Crippen molar-refractivity contribution in [2.24, 2.45) is 0 Å². The second-order valence-corrected chi connectivity index (χ2v) is 6.22. The number of carbonyl (C=O) groups is 2. The van der Waals surface area contributed by atoms with Crippen molar-refractivity contribution in [3.05, 3.63) is 59.7 Å². The zero-order chi connectivity index (χ0) is 19.4. The van der Waals surface area contributed by atoms with Gasteiger partial charge in [-0.25, -0.2) is 13.6 Å². The van der Waals surface area contributed by atoms with Gasteiger partial charge in [0.2, 0.25) is 5.91 Å². The lowest BCUT2D eigenvalue weighted by Crippen LogP contribution is -2.32. The standard InChI is InChI=1S/C19H19F2N3O3/c1-12(18(25)23-15-5-6-16(20)17(21)10-15)22-14-4-2-3-13(9-14)11-24-7-8-27-19(24)26/h2-6,9-10,12,22H,7-8,11H2,1H3,(H,23,25)/t12-/m1/s1. The summed E-state index contributed by atoms with van der Waals surface area (Å²) >= 11 is 0. The minimum absolute atomic E-state index is 0.175. The van der Waals surface area contributed by atoms with Gasteiger partial charge in [-0.1, -0.05) is 12.1 Å². The van der Waals surface area contributed by atoms with Crippen LogP contribution in [0.5, 0.6) is 0 Å². The summed E-state index contributed by atoms with van der Waals surface area (Å²) in [5.41, 5.74) is 1.77. The first-order valence-corrected chi connectivity index (χ1v) is 8.45. The monoisotopic (exact) mass is 375 g/mol. The predicted octanol–water partition coefficient (Wildman–Crippen LogP) is 3.36. The molecule has 0 aromatic heterocycles. The normalized spacial score (nSPS) is 14.6. The first-order chi connectivity index (χ1) is 12.9. The van der Waals surface area contributed by atoms with Gasteiger partial charge in [-0.15, -0.1) is 0 Å². The Kier molecular flexibility index (Phi) is 5.54. The van der Waals surface area contributed by atoms with Crippen LogP contribution in [0.15, 0.2) is 42.5 Å². The van der Waals surface area contributed by atoms with Crippen molar-refractivity contribution in [1.29, 1.82) is 0 Å². The van der Waals surface area contributed by atoms with E-state index >= 15 is 0 Å². The average Bonchev–Trinajstić information content (AvgIpc) is 3.03. The number of anilines is 2. The molecule has 1 aliphatic heterocycles. The zero-order valence-electron chi connectivity index (χ0n) is 14.7. The highest BCUT2D eigenvalue weighted by Gasteiger charge is 2.22. The van der Waals surface area contributed by atoms with E-state index in [-0.39, 0.29) is 11.8 Å². The maximum absolute atomic E-state index is 13.2. The van der Waals surface area contributed by atoms with Gasteiger partial charge in [-0.05, 0) is 36.8 Å². The van der Waals surface area contributed by atoms with Crippen molar-refractivity contribution in [1.82, 2.24) is 4.90 Å². The summed E-state index contributed by atoms with van der Waals surface area (Å²) in [7, 11) is 0. The third-order valence-electron chi connectivity index (χ3n) is 4.11. The third kappa shape index (κ3) is 4.72. The Bertz CT molecular complexity index is 860. The maximum atomic E-state index is 13.2. The number of nitrogens with zero attached hydrogens (tertiary/aromatic N) is 1. The van der Waals surface area contributed by atoms with Crippen LogP contribution in [0.4, 0.5) is 25.0 Å². The third-order valence-corrected chi connectivity index (χ3v) is 4.11. The molecule has 0 unspecified atom stereocenters. The number of benzene rings is 2. The quantitative estimate of drug-likeness (QED) is 0.812. The summed E-state index contributed by atoms with van der Waals surface area (Å²) in [4.78, 5) is 25.4. The summed E-state index contributed by atoms with van der Waals surface area (Å²) in [6.07, 6.45) is -0.340. The van der Waals surface area contributed by atoms with Gasteiger partial charge in [0.25, 0.3) is 0 Å². The highest BCUT2D eigenvalue weighted by Crippen LogP contribution is 2.17. The molecule has 1 fully saturated rings. The van der Waals surface area contributed by atoms with Gasteiger partial charge in [0, 0.05) is 24.0 Å². The van der Waals surface area contributed by atoms with E-state index in [9.17, 15) is 18.4 Å². The highest BCUT2D eigenvalue weighted by molar-refractivity contribution is 5.96. The van der Waals surface area contributed by atoms with E-state index < -0.39 is 23.6 Å². The SMILES string of the molecule is C[C@@H](Nc1cccc(CN2CCOC2=O)c1)C(=O)Nc1ccc(F)c(F)c1. The van der Waals surface area contributed by atoms with Crippen molar-refractivity contribution >= 4 is 23.4 Å². The molecule has 8 heteroatoms. The Balaban J connectivity index is 1.60. The van der Waals surface area contributed by atoms with Gasteiger partial charge in [0.15, 0.2) is 11.6 Å². The molecule has 0 aliphatic carbocycles. The molecule has 1 saturated heterocycles. The van der Waals surface area contributed by atoms with Crippen LogP contribution < -0.4 is 10.6 Å². The average molecular weight is 375 g/mol. The Morgan fingerprint density at radius 2 is 2.00 bits per heavy atom. The lowest BCUT2D eigenvalue weighted by Gasteiger charge is -2.17. The fourth-order valence-electron chi connectivity index (χ4n) is 2.69. The molecule has 27 heavy (non-hydrogen) atoms. The minimum Gasteiger partial charge on any atom is -0.448 e. The van der Waals surface area contributed by atoms with Crippen molar-refractivity contribution < 1.29 is 23.1 Å². The lowest BCUT2D eigenvalue weighted by atomic mass is 10.1. The first-order valence-electron chi connectivity index (χ1n) is 8.45. The summed E-state index contributed by atoms with van der Waals surface area (Å²) in [5, 5.41) is 5.58. The topological polar surface area (TPSA) is 70.7 Å². The molecule has 2 N–H and O–H groups in total. The molecule has 142 valence electrons. The molecule has 6 nitrogen and oxygen atoms in total. The molecular formula is C19H19F2N3O3.